The molecule has 152 valence electrons. The maximum absolute atomic E-state index is 12.9. The molecule has 3 rings (SSSR count). The van der Waals surface area contributed by atoms with Gasteiger partial charge < -0.3 is 15.0 Å². The first-order valence-electron chi connectivity index (χ1n) is 8.89. The molecule has 1 amide bonds. The van der Waals surface area contributed by atoms with Gasteiger partial charge in [-0.1, -0.05) is 25.7 Å². The molecule has 0 saturated heterocycles. The second-order valence-electron chi connectivity index (χ2n) is 6.89. The Bertz CT molecular complexity index is 839. The van der Waals surface area contributed by atoms with Crippen LogP contribution in [-0.4, -0.2) is 36.3 Å². The normalized spacial score (nSPS) is 16.2. The number of imidazole rings is 1. The maximum atomic E-state index is 12.9. The monoisotopic (exact) mass is 399 g/mol. The molecule has 2 aromatic heterocycles. The second kappa shape index (κ2) is 8.03. The molecule has 28 heavy (non-hydrogen) atoms. The molecule has 0 aromatic carbocycles. The van der Waals surface area contributed by atoms with Crippen LogP contribution in [0, 0.1) is 5.92 Å². The lowest BCUT2D eigenvalue weighted by molar-refractivity contribution is -0.141. The molecule has 11 heteroatoms. The zero-order valence-corrected chi connectivity index (χ0v) is 14.9. The van der Waals surface area contributed by atoms with Crippen LogP contribution in [0.4, 0.5) is 19.0 Å². The van der Waals surface area contributed by atoms with E-state index in [1.165, 1.54) is 16.8 Å². The number of hydrogen-bond acceptors (Lipinski definition) is 4. The van der Waals surface area contributed by atoms with Gasteiger partial charge in [0.05, 0.1) is 6.33 Å². The Hall–Kier alpha value is -2.85. The molecule has 1 fully saturated rings. The van der Waals surface area contributed by atoms with Crippen LogP contribution in [0.3, 0.4) is 0 Å². The van der Waals surface area contributed by atoms with E-state index in [2.05, 4.69) is 15.4 Å². The van der Waals surface area contributed by atoms with Crippen LogP contribution in [0.15, 0.2) is 24.8 Å². The van der Waals surface area contributed by atoms with Gasteiger partial charge in [-0.25, -0.2) is 4.98 Å². The highest BCUT2D eigenvalue weighted by Crippen LogP contribution is 2.34. The summed E-state index contributed by atoms with van der Waals surface area (Å²) in [6.07, 6.45) is 2.99. The first-order chi connectivity index (χ1) is 13.2. The Kier molecular flexibility index (Phi) is 5.71. The Morgan fingerprint density at radius 1 is 1.32 bits per heavy atom. The second-order valence-corrected chi connectivity index (χ2v) is 6.89. The predicted molar refractivity (Wildman–Crippen MR) is 91.3 cm³/mol. The molecule has 1 aliphatic rings. The van der Waals surface area contributed by atoms with Gasteiger partial charge in [0.15, 0.2) is 11.5 Å². The van der Waals surface area contributed by atoms with Crippen molar-refractivity contribution in [3.63, 3.8) is 0 Å². The molecule has 2 N–H and O–H groups in total. The number of alkyl halides is 3. The number of carbonyl (C=O) groups is 2. The number of nitrogens with one attached hydrogen (secondary N) is 1. The molecule has 0 aliphatic heterocycles. The van der Waals surface area contributed by atoms with Crippen LogP contribution in [0.5, 0.6) is 0 Å². The number of carbonyl (C=O) groups excluding carboxylic acids is 1. The number of halogens is 3. The zero-order chi connectivity index (χ0) is 20.3. The van der Waals surface area contributed by atoms with Gasteiger partial charge in [-0.2, -0.15) is 18.3 Å². The SMILES string of the molecule is O=C(O)Cn1ccc(NC(=O)[C@H](CC2CCCC2)n2cnc(C(F)(F)F)c2)n1. The summed E-state index contributed by atoms with van der Waals surface area (Å²) >= 11 is 0. The van der Waals surface area contributed by atoms with Gasteiger partial charge >= 0.3 is 12.1 Å². The topological polar surface area (TPSA) is 102 Å². The third-order valence-electron chi connectivity index (χ3n) is 4.78. The third-order valence-corrected chi connectivity index (χ3v) is 4.78. The summed E-state index contributed by atoms with van der Waals surface area (Å²) in [5.41, 5.74) is -1.05. The first kappa shape index (κ1) is 19.9. The van der Waals surface area contributed by atoms with Gasteiger partial charge in [-0.15, -0.1) is 0 Å². The van der Waals surface area contributed by atoms with E-state index in [1.54, 1.807) is 0 Å². The van der Waals surface area contributed by atoms with Gasteiger partial charge in [0, 0.05) is 18.5 Å². The van der Waals surface area contributed by atoms with Crippen LogP contribution in [-0.2, 0) is 22.3 Å². The van der Waals surface area contributed by atoms with Crippen molar-refractivity contribution in [1.82, 2.24) is 19.3 Å². The fourth-order valence-corrected chi connectivity index (χ4v) is 3.44. The van der Waals surface area contributed by atoms with Crippen LogP contribution >= 0.6 is 0 Å². The lowest BCUT2D eigenvalue weighted by Gasteiger charge is -2.21. The number of anilines is 1. The number of carboxylic acid groups (broad SMARTS) is 1. The van der Waals surface area contributed by atoms with E-state index >= 15 is 0 Å². The summed E-state index contributed by atoms with van der Waals surface area (Å²) in [5.74, 6) is -1.22. The van der Waals surface area contributed by atoms with Crippen LogP contribution in [0.2, 0.25) is 0 Å². The molecular formula is C17H20F3N5O3. The van der Waals surface area contributed by atoms with Crippen molar-refractivity contribution in [3.8, 4) is 0 Å². The Labute approximate surface area is 158 Å². The third kappa shape index (κ3) is 4.90. The van der Waals surface area contributed by atoms with Crippen molar-refractivity contribution in [1.29, 1.82) is 0 Å². The van der Waals surface area contributed by atoms with E-state index in [-0.39, 0.29) is 18.3 Å². The van der Waals surface area contributed by atoms with Crippen molar-refractivity contribution in [3.05, 3.63) is 30.5 Å². The summed E-state index contributed by atoms with van der Waals surface area (Å²) in [4.78, 5) is 26.9. The minimum Gasteiger partial charge on any atom is -0.480 e. The number of rotatable bonds is 7. The standard InChI is InChI=1S/C17H20F3N5O3/c18-17(19,20)13-8-24(10-21-13)12(7-11-3-1-2-4-11)16(28)22-14-5-6-25(23-14)9-15(26)27/h5-6,8,10-12H,1-4,7,9H2,(H,26,27)(H,22,23,28)/t12-/m0/s1. The Morgan fingerprint density at radius 2 is 2.04 bits per heavy atom. The van der Waals surface area contributed by atoms with Gasteiger partial charge in [-0.3, -0.25) is 14.3 Å². The van der Waals surface area contributed by atoms with Gasteiger partial charge in [0.2, 0.25) is 5.91 Å². The number of carboxylic acids is 1. The molecular weight excluding hydrogens is 379 g/mol. The summed E-state index contributed by atoms with van der Waals surface area (Å²) in [6, 6.07) is 0.569. The van der Waals surface area contributed by atoms with E-state index in [4.69, 9.17) is 5.11 Å². The highest BCUT2D eigenvalue weighted by atomic mass is 19.4. The van der Waals surface area contributed by atoms with Crippen molar-refractivity contribution < 1.29 is 27.9 Å². The van der Waals surface area contributed by atoms with E-state index in [0.29, 0.717) is 6.42 Å². The average Bonchev–Trinajstić information content (AvgIpc) is 3.33. The maximum Gasteiger partial charge on any atom is 0.434 e. The van der Waals surface area contributed by atoms with E-state index in [0.717, 1.165) is 42.9 Å². The number of aromatic nitrogens is 4. The van der Waals surface area contributed by atoms with Crippen molar-refractivity contribution in [2.45, 2.75) is 50.9 Å². The quantitative estimate of drug-likeness (QED) is 0.745. The zero-order valence-electron chi connectivity index (χ0n) is 14.9. The molecule has 0 radical (unpaired) electrons. The van der Waals surface area contributed by atoms with Crippen molar-refractivity contribution in [2.75, 3.05) is 5.32 Å². The minimum absolute atomic E-state index is 0.138. The summed E-state index contributed by atoms with van der Waals surface area (Å²) in [7, 11) is 0. The predicted octanol–water partition coefficient (Wildman–Crippen LogP) is 2.94. The van der Waals surface area contributed by atoms with E-state index < -0.39 is 29.8 Å². The van der Waals surface area contributed by atoms with Crippen LogP contribution in [0.1, 0.15) is 43.8 Å². The largest absolute Gasteiger partial charge is 0.480 e. The smallest absolute Gasteiger partial charge is 0.434 e. The summed E-state index contributed by atoms with van der Waals surface area (Å²) in [5, 5.41) is 15.3. The molecule has 1 aliphatic carbocycles. The Morgan fingerprint density at radius 3 is 2.64 bits per heavy atom. The molecule has 8 nitrogen and oxygen atoms in total. The van der Waals surface area contributed by atoms with Gasteiger partial charge in [0.25, 0.3) is 0 Å². The lowest BCUT2D eigenvalue weighted by Crippen LogP contribution is -2.27. The highest BCUT2D eigenvalue weighted by molar-refractivity contribution is 5.92. The summed E-state index contributed by atoms with van der Waals surface area (Å²) < 4.78 is 41.0. The van der Waals surface area contributed by atoms with E-state index in [9.17, 15) is 22.8 Å². The fourth-order valence-electron chi connectivity index (χ4n) is 3.44. The van der Waals surface area contributed by atoms with Crippen molar-refractivity contribution in [2.24, 2.45) is 5.92 Å². The molecule has 1 saturated carbocycles. The molecule has 0 spiro atoms. The minimum atomic E-state index is -4.59. The first-order valence-corrected chi connectivity index (χ1v) is 8.89. The van der Waals surface area contributed by atoms with Crippen LogP contribution in [0.25, 0.3) is 0 Å². The summed E-state index contributed by atoms with van der Waals surface area (Å²) in [6.45, 7) is -0.363. The number of nitrogens with zero attached hydrogens (tertiary/aromatic N) is 4. The lowest BCUT2D eigenvalue weighted by atomic mass is 9.97. The van der Waals surface area contributed by atoms with Gasteiger partial charge in [-0.05, 0) is 12.3 Å². The van der Waals surface area contributed by atoms with Gasteiger partial charge in [0.1, 0.15) is 12.6 Å². The number of amides is 1. The fraction of sp³-hybridized carbons (Fsp3) is 0.529. The molecule has 2 aromatic rings. The van der Waals surface area contributed by atoms with Crippen LogP contribution < -0.4 is 5.32 Å². The highest BCUT2D eigenvalue weighted by Gasteiger charge is 2.35. The average molecular weight is 399 g/mol. The van der Waals surface area contributed by atoms with Crippen molar-refractivity contribution >= 4 is 17.7 Å². The Balaban J connectivity index is 1.77. The number of hydrogen-bond donors (Lipinski definition) is 2. The molecule has 2 heterocycles. The molecule has 0 bridgehead atoms. The molecule has 0 unspecified atom stereocenters. The van der Waals surface area contributed by atoms with E-state index in [1.807, 2.05) is 0 Å². The molecule has 1 atom stereocenters. The number of aliphatic carboxylic acids is 1.